The van der Waals surface area contributed by atoms with Crippen molar-refractivity contribution in [1.82, 2.24) is 0 Å². The van der Waals surface area contributed by atoms with Crippen molar-refractivity contribution in [2.24, 2.45) is 5.92 Å². The van der Waals surface area contributed by atoms with Gasteiger partial charge in [0.2, 0.25) is 5.52 Å². The van der Waals surface area contributed by atoms with Crippen LogP contribution in [0.1, 0.15) is 45.0 Å². The summed E-state index contributed by atoms with van der Waals surface area (Å²) in [5.74, 6) is 0.963. The Morgan fingerprint density at radius 1 is 1.14 bits per heavy atom. The third-order valence-electron chi connectivity index (χ3n) is 3.68. The lowest BCUT2D eigenvalue weighted by atomic mass is 10.2. The first-order chi connectivity index (χ1) is 10.1. The normalized spacial score (nSPS) is 14.5. The molecule has 0 bridgehead atoms. The Bertz CT molecular complexity index is 563. The molecule has 1 aromatic carbocycles. The zero-order chi connectivity index (χ0) is 17.1. The molecule has 4 nitrogen and oxygen atoms in total. The maximum absolute atomic E-state index is 13.6. The Labute approximate surface area is 133 Å². The van der Waals surface area contributed by atoms with Crippen LogP contribution in [0.25, 0.3) is 0 Å². The van der Waals surface area contributed by atoms with Crippen LogP contribution in [0.2, 0.25) is 0 Å². The van der Waals surface area contributed by atoms with Crippen molar-refractivity contribution >= 4 is 12.7 Å². The molecule has 124 valence electrons. The highest BCUT2D eigenvalue weighted by molar-refractivity contribution is 7.82. The molecule has 0 heterocycles. The van der Waals surface area contributed by atoms with E-state index in [1.807, 2.05) is 34.6 Å². The van der Waals surface area contributed by atoms with Gasteiger partial charge >= 0.3 is 0 Å². The summed E-state index contributed by atoms with van der Waals surface area (Å²) >= 11 is 0. The second kappa shape index (κ2) is 6.87. The van der Waals surface area contributed by atoms with Crippen molar-refractivity contribution < 1.29 is 18.8 Å². The van der Waals surface area contributed by atoms with Crippen molar-refractivity contribution in [1.29, 1.82) is 0 Å². The van der Waals surface area contributed by atoms with Crippen molar-refractivity contribution in [3.05, 3.63) is 23.8 Å². The Hall–Kier alpha value is -1.28. The smallest absolute Gasteiger partial charge is 0.229 e. The van der Waals surface area contributed by atoms with Crippen LogP contribution in [-0.4, -0.2) is 31.1 Å². The van der Waals surface area contributed by atoms with Crippen LogP contribution >= 0.6 is 7.14 Å². The maximum atomic E-state index is 13.6. The van der Waals surface area contributed by atoms with Crippen LogP contribution in [-0.2, 0) is 4.57 Å². The molecule has 0 radical (unpaired) electrons. The van der Waals surface area contributed by atoms with Crippen LogP contribution in [0, 0.1) is 5.92 Å². The fraction of sp³-hybridized carbons (Fsp3) is 0.588. The first kappa shape index (κ1) is 18.8. The summed E-state index contributed by atoms with van der Waals surface area (Å²) < 4.78 is 24.2. The summed E-state index contributed by atoms with van der Waals surface area (Å²) in [4.78, 5) is 13.2. The predicted molar refractivity (Wildman–Crippen MR) is 90.9 cm³/mol. The molecule has 0 aliphatic carbocycles. The summed E-state index contributed by atoms with van der Waals surface area (Å²) in [5.41, 5.74) is -0.0746. The number of methoxy groups -OCH3 is 2. The Morgan fingerprint density at radius 3 is 1.91 bits per heavy atom. The number of hydrogen-bond donors (Lipinski definition) is 0. The van der Waals surface area contributed by atoms with Crippen LogP contribution in [0.3, 0.4) is 0 Å². The minimum Gasteiger partial charge on any atom is -0.496 e. The molecule has 0 N–H and O–H groups in total. The lowest BCUT2D eigenvalue weighted by Gasteiger charge is -2.32. The number of benzene rings is 1. The van der Waals surface area contributed by atoms with E-state index in [1.165, 1.54) is 14.2 Å². The maximum Gasteiger partial charge on any atom is 0.229 e. The molecule has 0 saturated heterocycles. The van der Waals surface area contributed by atoms with Gasteiger partial charge in [0.05, 0.1) is 14.2 Å². The minimum absolute atomic E-state index is 0.162. The number of carbonyl (C=O) groups is 1. The number of rotatable bonds is 6. The molecule has 0 saturated carbocycles. The van der Waals surface area contributed by atoms with Crippen molar-refractivity contribution in [3.8, 4) is 11.5 Å². The highest BCUT2D eigenvalue weighted by atomic mass is 31.2. The predicted octanol–water partition coefficient (Wildman–Crippen LogP) is 4.66. The Balaban J connectivity index is 3.54. The first-order valence-corrected chi connectivity index (χ1v) is 9.32. The standard InChI is InChI=1S/C17H27O4P/c1-12(2)11-22(19,17(3,4)5)16(18)15-13(20-6)9-8-10-14(15)21-7/h8-10,12H,11H2,1-7H3. The fourth-order valence-electron chi connectivity index (χ4n) is 2.42. The molecular formula is C17H27O4P. The highest BCUT2D eigenvalue weighted by Gasteiger charge is 2.45. The van der Waals surface area contributed by atoms with Crippen molar-refractivity contribution in [2.45, 2.75) is 39.8 Å². The van der Waals surface area contributed by atoms with E-state index < -0.39 is 12.3 Å². The molecular weight excluding hydrogens is 299 g/mol. The van der Waals surface area contributed by atoms with Gasteiger partial charge in [-0.05, 0) is 18.1 Å². The quantitative estimate of drug-likeness (QED) is 0.713. The van der Waals surface area contributed by atoms with Gasteiger partial charge in [0, 0.05) is 11.3 Å². The molecule has 1 aromatic rings. The Kier molecular flexibility index (Phi) is 5.86. The van der Waals surface area contributed by atoms with E-state index in [-0.39, 0.29) is 17.0 Å². The van der Waals surface area contributed by atoms with E-state index in [0.717, 1.165) is 0 Å². The molecule has 0 spiro atoms. The summed E-state index contributed by atoms with van der Waals surface area (Å²) in [5, 5.41) is -0.611. The average molecular weight is 326 g/mol. The summed E-state index contributed by atoms with van der Waals surface area (Å²) in [6.45, 7) is 9.53. The third-order valence-corrected chi connectivity index (χ3v) is 7.97. The Morgan fingerprint density at radius 2 is 1.59 bits per heavy atom. The van der Waals surface area contributed by atoms with Crippen molar-refractivity contribution in [2.75, 3.05) is 20.4 Å². The molecule has 1 atom stereocenters. The average Bonchev–Trinajstić information content (AvgIpc) is 2.43. The fourth-order valence-corrected chi connectivity index (χ4v) is 5.35. The molecule has 0 aliphatic heterocycles. The highest BCUT2D eigenvalue weighted by Crippen LogP contribution is 2.62. The van der Waals surface area contributed by atoms with E-state index in [9.17, 15) is 9.36 Å². The molecule has 5 heteroatoms. The topological polar surface area (TPSA) is 52.6 Å². The van der Waals surface area contributed by atoms with Crippen LogP contribution in [0.5, 0.6) is 11.5 Å². The largest absolute Gasteiger partial charge is 0.496 e. The van der Waals surface area contributed by atoms with Gasteiger partial charge in [-0.15, -0.1) is 0 Å². The molecule has 22 heavy (non-hydrogen) atoms. The summed E-state index contributed by atoms with van der Waals surface area (Å²) in [7, 11) is -0.159. The number of ether oxygens (including phenoxy) is 2. The molecule has 1 unspecified atom stereocenters. The van der Waals surface area contributed by atoms with E-state index in [4.69, 9.17) is 9.47 Å². The van der Waals surface area contributed by atoms with Crippen LogP contribution in [0.15, 0.2) is 18.2 Å². The van der Waals surface area contributed by atoms with Gasteiger partial charge in [0.15, 0.2) is 7.14 Å². The van der Waals surface area contributed by atoms with Gasteiger partial charge < -0.3 is 14.0 Å². The zero-order valence-corrected chi connectivity index (χ0v) is 15.5. The van der Waals surface area contributed by atoms with Gasteiger partial charge in [-0.2, -0.15) is 0 Å². The van der Waals surface area contributed by atoms with Gasteiger partial charge in [0.1, 0.15) is 17.1 Å². The number of carbonyl (C=O) groups excluding carboxylic acids is 1. The van der Waals surface area contributed by atoms with Gasteiger partial charge in [0.25, 0.3) is 0 Å². The van der Waals surface area contributed by atoms with Crippen LogP contribution < -0.4 is 9.47 Å². The second-order valence-electron chi connectivity index (χ2n) is 6.83. The summed E-state index contributed by atoms with van der Waals surface area (Å²) in [6.07, 6.45) is 0.372. The van der Waals surface area contributed by atoms with E-state index in [1.54, 1.807) is 18.2 Å². The van der Waals surface area contributed by atoms with Crippen LogP contribution in [0.4, 0.5) is 0 Å². The molecule has 0 aliphatic rings. The lowest BCUT2D eigenvalue weighted by Crippen LogP contribution is -2.25. The molecule has 0 fully saturated rings. The van der Waals surface area contributed by atoms with E-state index in [0.29, 0.717) is 17.7 Å². The van der Waals surface area contributed by atoms with Gasteiger partial charge in [-0.25, -0.2) is 0 Å². The van der Waals surface area contributed by atoms with Crippen molar-refractivity contribution in [3.63, 3.8) is 0 Å². The molecule has 0 aromatic heterocycles. The number of hydrogen-bond acceptors (Lipinski definition) is 4. The lowest BCUT2D eigenvalue weighted by molar-refractivity contribution is 0.106. The minimum atomic E-state index is -3.15. The zero-order valence-electron chi connectivity index (χ0n) is 14.6. The summed E-state index contributed by atoms with van der Waals surface area (Å²) in [6, 6.07) is 5.13. The second-order valence-corrected chi connectivity index (χ2v) is 10.4. The third kappa shape index (κ3) is 3.55. The first-order valence-electron chi connectivity index (χ1n) is 7.43. The van der Waals surface area contributed by atoms with E-state index in [2.05, 4.69) is 0 Å². The monoisotopic (exact) mass is 326 g/mol. The van der Waals surface area contributed by atoms with E-state index >= 15 is 0 Å². The SMILES string of the molecule is COc1cccc(OC)c1C(=O)P(=O)(CC(C)C)C(C)(C)C. The van der Waals surface area contributed by atoms with Gasteiger partial charge in [-0.3, -0.25) is 4.79 Å². The van der Waals surface area contributed by atoms with Gasteiger partial charge in [-0.1, -0.05) is 40.7 Å². The molecule has 0 amide bonds. The molecule has 1 rings (SSSR count).